The lowest BCUT2D eigenvalue weighted by molar-refractivity contribution is -0.135. The van der Waals surface area contributed by atoms with Crippen LogP contribution in [0.3, 0.4) is 0 Å². The van der Waals surface area contributed by atoms with E-state index in [0.29, 0.717) is 28.6 Å². The fourth-order valence-electron chi connectivity index (χ4n) is 9.60. The summed E-state index contributed by atoms with van der Waals surface area (Å²) < 4.78 is 5.53. The van der Waals surface area contributed by atoms with Crippen LogP contribution in [-0.2, 0) is 4.79 Å². The summed E-state index contributed by atoms with van der Waals surface area (Å²) in [6.45, 7) is 7.38. The molecule has 3 nitrogen and oxygen atoms in total. The molecule has 0 spiro atoms. The molecule has 1 aromatic carbocycles. The highest BCUT2D eigenvalue weighted by atomic mass is 35.5. The van der Waals surface area contributed by atoms with E-state index in [1.54, 1.807) is 0 Å². The largest absolute Gasteiger partial charge is 0.423 e. The van der Waals surface area contributed by atoms with Gasteiger partial charge in [-0.25, -0.2) is 0 Å². The number of benzene rings is 1. The third-order valence-corrected chi connectivity index (χ3v) is 13.8. The minimum absolute atomic E-state index is 0.00809. The van der Waals surface area contributed by atoms with Gasteiger partial charge in [-0.3, -0.25) is 4.79 Å². The smallest absolute Gasteiger partial charge is 0.311 e. The first kappa shape index (κ1) is 29.6. The van der Waals surface area contributed by atoms with Gasteiger partial charge in [-0.2, -0.15) is 0 Å². The maximum Gasteiger partial charge on any atom is 0.311 e. The summed E-state index contributed by atoms with van der Waals surface area (Å²) in [5.74, 6) is 3.63. The molecular weight excluding hydrogens is 586 g/mol. The van der Waals surface area contributed by atoms with Gasteiger partial charge >= 0.3 is 5.97 Å². The molecule has 8 heteroatoms. The van der Waals surface area contributed by atoms with E-state index >= 15 is 0 Å². The Labute approximate surface area is 252 Å². The number of hydrogen-bond acceptors (Lipinski definition) is 3. The number of aliphatic hydroxyl groups excluding tert-OH is 1. The van der Waals surface area contributed by atoms with Gasteiger partial charge in [0.15, 0.2) is 5.75 Å². The molecule has 0 saturated heterocycles. The first-order valence-corrected chi connectivity index (χ1v) is 16.2. The maximum atomic E-state index is 12.8. The molecule has 9 atom stereocenters. The number of fused-ring (bicyclic) bond motifs is 5. The number of carbonyl (C=O) groups is 1. The van der Waals surface area contributed by atoms with Crippen molar-refractivity contribution in [3.8, 4) is 5.75 Å². The number of hydrogen-bond donors (Lipinski definition) is 1. The number of carbonyl (C=O) groups excluding carboxylic acids is 1. The van der Waals surface area contributed by atoms with E-state index in [1.165, 1.54) is 44.9 Å². The third-order valence-electron chi connectivity index (χ3n) is 11.6. The van der Waals surface area contributed by atoms with Crippen molar-refractivity contribution in [3.05, 3.63) is 25.1 Å². The molecule has 0 unspecified atom stereocenters. The zero-order valence-corrected chi connectivity index (χ0v) is 26.3. The molecule has 4 aliphatic rings. The number of halogens is 5. The molecule has 4 aliphatic carbocycles. The Morgan fingerprint density at radius 3 is 2.16 bits per heavy atom. The van der Waals surface area contributed by atoms with E-state index < -0.39 is 5.97 Å². The van der Waals surface area contributed by atoms with E-state index in [4.69, 9.17) is 62.7 Å². The van der Waals surface area contributed by atoms with Crippen molar-refractivity contribution in [2.45, 2.75) is 97.5 Å². The Morgan fingerprint density at radius 2 is 1.47 bits per heavy atom. The summed E-state index contributed by atoms with van der Waals surface area (Å²) in [6.07, 6.45) is 11.8. The highest BCUT2D eigenvalue weighted by molar-refractivity contribution is 6.55. The van der Waals surface area contributed by atoms with Gasteiger partial charge in [-0.15, -0.1) is 0 Å². The van der Waals surface area contributed by atoms with Crippen LogP contribution in [0.4, 0.5) is 0 Å². The molecule has 212 valence electrons. The molecule has 0 heterocycles. The number of ether oxygens (including phenoxy) is 1. The van der Waals surface area contributed by atoms with Crippen molar-refractivity contribution in [2.24, 2.45) is 46.3 Å². The summed E-state index contributed by atoms with van der Waals surface area (Å²) in [4.78, 5) is 12.8. The predicted octanol–water partition coefficient (Wildman–Crippen LogP) is 10.3. The van der Waals surface area contributed by atoms with Gasteiger partial charge in [-0.05, 0) is 111 Å². The van der Waals surface area contributed by atoms with Crippen LogP contribution < -0.4 is 4.74 Å². The lowest BCUT2D eigenvalue weighted by Crippen LogP contribution is -2.54. The van der Waals surface area contributed by atoms with Gasteiger partial charge in [0.25, 0.3) is 0 Å². The normalized spacial score (nSPS) is 39.2. The van der Waals surface area contributed by atoms with Crippen LogP contribution in [-0.4, -0.2) is 17.2 Å². The number of aliphatic hydroxyl groups is 1. The molecule has 4 fully saturated rings. The minimum Gasteiger partial charge on any atom is -0.423 e. The number of esters is 1. The van der Waals surface area contributed by atoms with E-state index in [1.807, 2.05) is 0 Å². The molecular formula is C30H39Cl5O3. The van der Waals surface area contributed by atoms with Crippen LogP contribution in [0.5, 0.6) is 5.75 Å². The summed E-state index contributed by atoms with van der Waals surface area (Å²) >= 11 is 30.8. The SMILES string of the molecule is C[C@H](CCC(=O)Oc1c(Cl)c(Cl)c(Cl)c(Cl)c1Cl)[C@H]1CC[C@H]2[C@@H]3CC[C@@H]4C[C@H](O)CC[C@]4(C)[C@H]3CC[C@]12C. The molecule has 38 heavy (non-hydrogen) atoms. The third kappa shape index (κ3) is 4.92. The lowest BCUT2D eigenvalue weighted by Gasteiger charge is -2.61. The Morgan fingerprint density at radius 1 is 0.868 bits per heavy atom. The summed E-state index contributed by atoms with van der Waals surface area (Å²) in [5.41, 5.74) is 0.721. The van der Waals surface area contributed by atoms with E-state index in [0.717, 1.165) is 37.0 Å². The Bertz CT molecular complexity index is 1070. The van der Waals surface area contributed by atoms with E-state index in [2.05, 4.69) is 20.8 Å². The van der Waals surface area contributed by atoms with Gasteiger partial charge < -0.3 is 9.84 Å². The highest BCUT2D eigenvalue weighted by Crippen LogP contribution is 2.68. The lowest BCUT2D eigenvalue weighted by atomic mass is 9.44. The van der Waals surface area contributed by atoms with Crippen molar-refractivity contribution in [3.63, 3.8) is 0 Å². The molecule has 5 rings (SSSR count). The van der Waals surface area contributed by atoms with Gasteiger partial charge in [0.05, 0.1) is 21.2 Å². The fraction of sp³-hybridized carbons (Fsp3) is 0.767. The molecule has 0 aromatic heterocycles. The Balaban J connectivity index is 1.23. The topological polar surface area (TPSA) is 46.5 Å². The first-order valence-electron chi connectivity index (χ1n) is 14.3. The molecule has 0 bridgehead atoms. The summed E-state index contributed by atoms with van der Waals surface area (Å²) in [6, 6.07) is 0. The van der Waals surface area contributed by atoms with Crippen molar-refractivity contribution in [1.29, 1.82) is 0 Å². The number of rotatable bonds is 5. The second-order valence-corrected chi connectivity index (χ2v) is 15.1. The van der Waals surface area contributed by atoms with Gasteiger partial charge in [0.1, 0.15) is 10.0 Å². The summed E-state index contributed by atoms with van der Waals surface area (Å²) in [7, 11) is 0. The highest BCUT2D eigenvalue weighted by Gasteiger charge is 2.60. The maximum absolute atomic E-state index is 12.8. The second-order valence-electron chi connectivity index (χ2n) is 13.2. The Kier molecular flexibility index (Phi) is 8.62. The molecule has 1 aromatic rings. The van der Waals surface area contributed by atoms with Crippen LogP contribution in [0.25, 0.3) is 0 Å². The fourth-order valence-corrected chi connectivity index (χ4v) is 10.8. The predicted molar refractivity (Wildman–Crippen MR) is 157 cm³/mol. The van der Waals surface area contributed by atoms with Crippen LogP contribution >= 0.6 is 58.0 Å². The van der Waals surface area contributed by atoms with Gasteiger partial charge in [0.2, 0.25) is 0 Å². The average Bonchev–Trinajstić information content (AvgIpc) is 3.25. The molecule has 0 amide bonds. The van der Waals surface area contributed by atoms with Crippen molar-refractivity contribution < 1.29 is 14.6 Å². The summed E-state index contributed by atoms with van der Waals surface area (Å²) in [5, 5.41) is 10.4. The van der Waals surface area contributed by atoms with E-state index in [9.17, 15) is 9.90 Å². The van der Waals surface area contributed by atoms with Gasteiger partial charge in [0, 0.05) is 6.42 Å². The van der Waals surface area contributed by atoms with Crippen LogP contribution in [0.1, 0.15) is 91.4 Å². The van der Waals surface area contributed by atoms with Crippen LogP contribution in [0.2, 0.25) is 25.1 Å². The first-order chi connectivity index (χ1) is 17.9. The minimum atomic E-state index is -0.399. The molecule has 0 aliphatic heterocycles. The van der Waals surface area contributed by atoms with E-state index in [-0.39, 0.29) is 43.4 Å². The zero-order chi connectivity index (χ0) is 27.6. The zero-order valence-electron chi connectivity index (χ0n) is 22.5. The van der Waals surface area contributed by atoms with Crippen molar-refractivity contribution >= 4 is 64.0 Å². The second kappa shape index (κ2) is 11.1. The Hall–Kier alpha value is 0.1000. The van der Waals surface area contributed by atoms with Crippen LogP contribution in [0, 0.1) is 46.3 Å². The van der Waals surface area contributed by atoms with Gasteiger partial charge in [-0.1, -0.05) is 78.8 Å². The molecule has 1 N–H and O–H groups in total. The standard InChI is InChI=1S/C30H39Cl5O3/c1-15(4-9-22(37)38-28-26(34)24(32)23(31)25(33)27(28)35)19-7-8-20-18-6-5-16-14-17(36)10-12-29(16,2)21(18)11-13-30(19,20)3/h15-21,36H,4-14H2,1-3H3/t15-,16-,17-,18+,19-,20+,21+,29+,30-/m1/s1. The monoisotopic (exact) mass is 622 g/mol. The molecule has 4 saturated carbocycles. The van der Waals surface area contributed by atoms with Crippen molar-refractivity contribution in [2.75, 3.05) is 0 Å². The van der Waals surface area contributed by atoms with Crippen molar-refractivity contribution in [1.82, 2.24) is 0 Å². The molecule has 0 radical (unpaired) electrons. The average molecular weight is 625 g/mol. The quantitative estimate of drug-likeness (QED) is 0.153. The van der Waals surface area contributed by atoms with Crippen LogP contribution in [0.15, 0.2) is 0 Å².